The fourth-order valence-electron chi connectivity index (χ4n) is 2.77. The van der Waals surface area contributed by atoms with Crippen LogP contribution < -0.4 is 4.72 Å². The van der Waals surface area contributed by atoms with E-state index in [2.05, 4.69) is 14.8 Å². The number of ether oxygens (including phenoxy) is 1. The van der Waals surface area contributed by atoms with Gasteiger partial charge in [-0.2, -0.15) is 5.10 Å². The highest BCUT2D eigenvalue weighted by Crippen LogP contribution is 2.25. The Kier molecular flexibility index (Phi) is 5.27. The molecule has 7 nitrogen and oxygen atoms in total. The molecule has 1 aliphatic rings. The first-order valence-corrected chi connectivity index (χ1v) is 9.77. The molecule has 0 aliphatic carbocycles. The van der Waals surface area contributed by atoms with E-state index in [0.29, 0.717) is 19.6 Å². The summed E-state index contributed by atoms with van der Waals surface area (Å²) in [7, 11) is -3.25. The number of rotatable bonds is 7. The first kappa shape index (κ1) is 17.1. The van der Waals surface area contributed by atoms with Crippen molar-refractivity contribution in [2.75, 3.05) is 18.9 Å². The van der Waals surface area contributed by atoms with Crippen molar-refractivity contribution < 1.29 is 13.2 Å². The first-order valence-electron chi connectivity index (χ1n) is 8.12. The summed E-state index contributed by atoms with van der Waals surface area (Å²) < 4.78 is 33.8. The van der Waals surface area contributed by atoms with Gasteiger partial charge in [-0.1, -0.05) is 13.0 Å². The predicted molar refractivity (Wildman–Crippen MR) is 90.0 cm³/mol. The Morgan fingerprint density at radius 2 is 2.29 bits per heavy atom. The molecule has 1 aliphatic heterocycles. The lowest BCUT2D eigenvalue weighted by molar-refractivity contribution is 0.0430. The number of sulfonamides is 1. The van der Waals surface area contributed by atoms with Crippen molar-refractivity contribution >= 4 is 10.0 Å². The van der Waals surface area contributed by atoms with E-state index in [1.54, 1.807) is 6.20 Å². The smallest absolute Gasteiger partial charge is 0.211 e. The molecule has 0 aromatic carbocycles. The minimum atomic E-state index is -3.25. The number of hydrogen-bond acceptors (Lipinski definition) is 5. The summed E-state index contributed by atoms with van der Waals surface area (Å²) in [6.45, 7) is 3.22. The van der Waals surface area contributed by atoms with Crippen molar-refractivity contribution in [2.24, 2.45) is 0 Å². The van der Waals surface area contributed by atoms with E-state index in [0.717, 1.165) is 23.4 Å². The van der Waals surface area contributed by atoms with Gasteiger partial charge in [0.15, 0.2) is 0 Å². The maximum Gasteiger partial charge on any atom is 0.211 e. The fraction of sp³-hybridized carbons (Fsp3) is 0.500. The Balaban J connectivity index is 1.71. The van der Waals surface area contributed by atoms with Crippen LogP contribution in [0.25, 0.3) is 0 Å². The van der Waals surface area contributed by atoms with Gasteiger partial charge >= 0.3 is 0 Å². The van der Waals surface area contributed by atoms with Crippen molar-refractivity contribution in [3.8, 4) is 0 Å². The second kappa shape index (κ2) is 7.42. The number of nitrogens with zero attached hydrogens (tertiary/aromatic N) is 3. The maximum atomic E-state index is 11.8. The average molecular weight is 350 g/mol. The van der Waals surface area contributed by atoms with Gasteiger partial charge in [-0.05, 0) is 30.5 Å². The Labute approximate surface area is 142 Å². The summed E-state index contributed by atoms with van der Waals surface area (Å²) >= 11 is 0. The second-order valence-corrected chi connectivity index (χ2v) is 7.76. The molecule has 0 unspecified atom stereocenters. The van der Waals surface area contributed by atoms with Crippen molar-refractivity contribution in [1.82, 2.24) is 19.5 Å². The van der Waals surface area contributed by atoms with Crippen molar-refractivity contribution in [3.05, 3.63) is 47.5 Å². The summed E-state index contributed by atoms with van der Waals surface area (Å²) in [4.78, 5) is 4.30. The molecule has 0 saturated carbocycles. The molecule has 0 fully saturated rings. The zero-order valence-electron chi connectivity index (χ0n) is 13.7. The predicted octanol–water partition coefficient (Wildman–Crippen LogP) is 1.27. The quantitative estimate of drug-likeness (QED) is 0.813. The maximum absolute atomic E-state index is 11.8. The standard InChI is InChI=1S/C16H22N4O3S/c1-2-9-24(21,22)18-10-15-16-13(6-8-23-15)11-20(19-16)12-14-5-3-4-7-17-14/h3-5,7,11,15,18H,2,6,8-10,12H2,1H3/t15-/m1/s1. The van der Waals surface area contributed by atoms with Crippen LogP contribution in [0, 0.1) is 0 Å². The molecule has 2 aromatic heterocycles. The van der Waals surface area contributed by atoms with Gasteiger partial charge in [-0.3, -0.25) is 9.67 Å². The minimum Gasteiger partial charge on any atom is -0.370 e. The highest BCUT2D eigenvalue weighted by atomic mass is 32.2. The van der Waals surface area contributed by atoms with Crippen LogP contribution in [0.3, 0.4) is 0 Å². The van der Waals surface area contributed by atoms with Gasteiger partial charge in [0.25, 0.3) is 0 Å². The van der Waals surface area contributed by atoms with E-state index in [9.17, 15) is 8.42 Å². The highest BCUT2D eigenvalue weighted by Gasteiger charge is 2.26. The third-order valence-electron chi connectivity index (χ3n) is 3.88. The molecular weight excluding hydrogens is 328 g/mol. The van der Waals surface area contributed by atoms with Gasteiger partial charge in [0.1, 0.15) is 6.10 Å². The normalized spacial score (nSPS) is 17.6. The zero-order valence-corrected chi connectivity index (χ0v) is 14.5. The number of hydrogen-bond donors (Lipinski definition) is 1. The van der Waals surface area contributed by atoms with Crippen LogP contribution in [-0.4, -0.2) is 42.1 Å². The minimum absolute atomic E-state index is 0.126. The molecule has 1 atom stereocenters. The molecule has 2 aromatic rings. The summed E-state index contributed by atoms with van der Waals surface area (Å²) in [5.41, 5.74) is 2.85. The van der Waals surface area contributed by atoms with Gasteiger partial charge in [-0.15, -0.1) is 0 Å². The molecule has 1 N–H and O–H groups in total. The Bertz CT molecular complexity index is 774. The molecule has 3 rings (SSSR count). The van der Waals surface area contributed by atoms with Crippen molar-refractivity contribution in [1.29, 1.82) is 0 Å². The first-order chi connectivity index (χ1) is 11.6. The lowest BCUT2D eigenvalue weighted by atomic mass is 10.1. The lowest BCUT2D eigenvalue weighted by Gasteiger charge is -2.22. The molecule has 3 heterocycles. The lowest BCUT2D eigenvalue weighted by Crippen LogP contribution is -2.33. The Morgan fingerprint density at radius 1 is 1.42 bits per heavy atom. The SMILES string of the molecule is CCCS(=O)(=O)NC[C@H]1OCCc2cn(Cc3ccccn3)nc21. The molecule has 0 bridgehead atoms. The van der Waals surface area contributed by atoms with Crippen LogP contribution >= 0.6 is 0 Å². The third kappa shape index (κ3) is 4.19. The number of fused-ring (bicyclic) bond motifs is 1. The topological polar surface area (TPSA) is 86.1 Å². The van der Waals surface area contributed by atoms with Crippen LogP contribution in [0.5, 0.6) is 0 Å². The number of aromatic nitrogens is 3. The molecule has 8 heteroatoms. The number of pyridine rings is 1. The summed E-state index contributed by atoms with van der Waals surface area (Å²) in [5, 5.41) is 4.59. The Hall–Kier alpha value is -1.77. The van der Waals surface area contributed by atoms with Gasteiger partial charge < -0.3 is 4.74 Å². The molecule has 0 amide bonds. The second-order valence-electron chi connectivity index (χ2n) is 5.83. The molecule has 24 heavy (non-hydrogen) atoms. The van der Waals surface area contributed by atoms with E-state index in [-0.39, 0.29) is 18.4 Å². The van der Waals surface area contributed by atoms with Crippen LogP contribution in [-0.2, 0) is 27.7 Å². The molecular formula is C16H22N4O3S. The fourth-order valence-corrected chi connectivity index (χ4v) is 3.86. The average Bonchev–Trinajstić information content (AvgIpc) is 2.96. The van der Waals surface area contributed by atoms with Crippen LogP contribution in [0.1, 0.15) is 36.4 Å². The van der Waals surface area contributed by atoms with Gasteiger partial charge in [0.05, 0.1) is 30.3 Å². The molecule has 0 saturated heterocycles. The zero-order chi connectivity index (χ0) is 17.0. The molecule has 0 spiro atoms. The van der Waals surface area contributed by atoms with E-state index in [4.69, 9.17) is 4.74 Å². The monoisotopic (exact) mass is 350 g/mol. The number of nitrogens with one attached hydrogen (secondary N) is 1. The van der Waals surface area contributed by atoms with Gasteiger partial charge in [0.2, 0.25) is 10.0 Å². The van der Waals surface area contributed by atoms with Gasteiger partial charge in [0, 0.05) is 18.9 Å². The van der Waals surface area contributed by atoms with E-state index in [1.807, 2.05) is 36.0 Å². The van der Waals surface area contributed by atoms with E-state index < -0.39 is 10.0 Å². The summed E-state index contributed by atoms with van der Waals surface area (Å²) in [5.74, 6) is 0.126. The summed E-state index contributed by atoms with van der Waals surface area (Å²) in [6, 6.07) is 5.78. The molecule has 0 radical (unpaired) electrons. The third-order valence-corrected chi connectivity index (χ3v) is 5.43. The van der Waals surface area contributed by atoms with Crippen molar-refractivity contribution in [2.45, 2.75) is 32.4 Å². The van der Waals surface area contributed by atoms with Crippen molar-refractivity contribution in [3.63, 3.8) is 0 Å². The highest BCUT2D eigenvalue weighted by molar-refractivity contribution is 7.89. The van der Waals surface area contributed by atoms with Crippen LogP contribution in [0.15, 0.2) is 30.6 Å². The van der Waals surface area contributed by atoms with E-state index in [1.165, 1.54) is 0 Å². The summed E-state index contributed by atoms with van der Waals surface area (Å²) in [6.07, 6.45) is 4.79. The molecule has 130 valence electrons. The van der Waals surface area contributed by atoms with E-state index >= 15 is 0 Å². The largest absolute Gasteiger partial charge is 0.370 e. The Morgan fingerprint density at radius 3 is 3.04 bits per heavy atom. The van der Waals surface area contributed by atoms with Gasteiger partial charge in [-0.25, -0.2) is 13.1 Å². The van der Waals surface area contributed by atoms with Crippen LogP contribution in [0.4, 0.5) is 0 Å². The van der Waals surface area contributed by atoms with Crippen LogP contribution in [0.2, 0.25) is 0 Å².